The summed E-state index contributed by atoms with van der Waals surface area (Å²) in [7, 11) is -3.45. The van der Waals surface area contributed by atoms with Crippen molar-refractivity contribution in [2.45, 2.75) is 82.6 Å². The lowest BCUT2D eigenvalue weighted by atomic mass is 9.82. The van der Waals surface area contributed by atoms with Crippen molar-refractivity contribution in [3.05, 3.63) is 34.5 Å². The van der Waals surface area contributed by atoms with Gasteiger partial charge in [-0.05, 0) is 37.3 Å². The third kappa shape index (κ3) is 7.32. The molecular weight excluding hydrogens is 615 g/mol. The van der Waals surface area contributed by atoms with Crippen LogP contribution in [0.2, 0.25) is 5.15 Å². The topological polar surface area (TPSA) is 144 Å². The molecule has 42 heavy (non-hydrogen) atoms. The molecule has 0 aromatic carbocycles. The van der Waals surface area contributed by atoms with Crippen LogP contribution < -0.4 is 10.1 Å². The van der Waals surface area contributed by atoms with Gasteiger partial charge in [0.2, 0.25) is 0 Å². The van der Waals surface area contributed by atoms with E-state index in [0.29, 0.717) is 0 Å². The summed E-state index contributed by atoms with van der Waals surface area (Å²) in [5, 5.41) is 22.5. The van der Waals surface area contributed by atoms with Crippen molar-refractivity contribution in [1.82, 2.24) is 19.9 Å². The number of aliphatic hydroxyl groups is 2. The molecule has 0 unspecified atom stereocenters. The van der Waals surface area contributed by atoms with E-state index >= 15 is 0 Å². The minimum absolute atomic E-state index is 0.0404. The number of alkyl halides is 5. The van der Waals surface area contributed by atoms with Gasteiger partial charge in [0, 0.05) is 25.4 Å². The molecule has 0 aliphatic heterocycles. The number of ether oxygens (including phenoxy) is 1. The molecule has 17 heteroatoms. The number of aryl methyl sites for hydroxylation is 1. The van der Waals surface area contributed by atoms with Crippen molar-refractivity contribution < 1.29 is 50.1 Å². The van der Waals surface area contributed by atoms with Crippen molar-refractivity contribution >= 4 is 27.3 Å². The van der Waals surface area contributed by atoms with Gasteiger partial charge in [-0.3, -0.25) is 9.36 Å². The number of aromatic nitrogens is 3. The normalized spacial score (nSPS) is 21.9. The molecule has 10 nitrogen and oxygen atoms in total. The highest BCUT2D eigenvalue weighted by Gasteiger charge is 2.47. The Kier molecular flexibility index (Phi) is 9.86. The molecule has 1 amide bonds. The second kappa shape index (κ2) is 12.2. The fourth-order valence-electron chi connectivity index (χ4n) is 4.65. The van der Waals surface area contributed by atoms with E-state index in [0.717, 1.165) is 36.9 Å². The van der Waals surface area contributed by atoms with Gasteiger partial charge in [-0.1, -0.05) is 32.4 Å². The zero-order valence-corrected chi connectivity index (χ0v) is 24.7. The molecule has 2 heterocycles. The average Bonchev–Trinajstić information content (AvgIpc) is 3.18. The van der Waals surface area contributed by atoms with Gasteiger partial charge in [-0.2, -0.15) is 22.0 Å². The Bertz CT molecular complexity index is 1420. The minimum Gasteiger partial charge on any atom is -0.431 e. The van der Waals surface area contributed by atoms with Gasteiger partial charge in [-0.25, -0.2) is 18.4 Å². The van der Waals surface area contributed by atoms with Crippen LogP contribution in [0.4, 0.5) is 22.0 Å². The van der Waals surface area contributed by atoms with Crippen LogP contribution in [-0.2, 0) is 22.7 Å². The summed E-state index contributed by atoms with van der Waals surface area (Å²) in [5.74, 6) is -1.77. The molecule has 3 rings (SSSR count). The number of sulfone groups is 1. The van der Waals surface area contributed by atoms with Crippen LogP contribution in [-0.4, -0.2) is 81.6 Å². The van der Waals surface area contributed by atoms with Crippen LogP contribution in [0.15, 0.2) is 12.3 Å². The Labute approximate surface area is 244 Å². The standard InChI is InChI=1S/C25H32ClF5N4O6S/c1-5-17-34-18(21(37)33-12-24(38)7-6-14(9-16(24)36)42(4,39)40)19(26)35(17)20-15(41-22(27)28)8-13(11-32-20)10-23(2,3)25(29,30)31/h8,11,14,16,22,36,38H,5-7,9-10,12H2,1-4H3,(H,33,37)/t14-,16-,24-/m1/s1. The van der Waals surface area contributed by atoms with E-state index in [1.54, 1.807) is 6.92 Å². The highest BCUT2D eigenvalue weighted by molar-refractivity contribution is 7.91. The SMILES string of the molecule is CCc1nc(C(=O)NC[C@]2(O)CC[C@@H](S(C)(=O)=O)C[C@H]2O)c(Cl)n1-c1ncc(CC(C)(C)C(F)(F)F)cc1OC(F)F. The number of amides is 1. The van der Waals surface area contributed by atoms with Crippen molar-refractivity contribution in [2.24, 2.45) is 5.41 Å². The molecule has 0 saturated heterocycles. The average molecular weight is 647 g/mol. The molecule has 2 aromatic rings. The molecule has 1 saturated carbocycles. The van der Waals surface area contributed by atoms with E-state index in [9.17, 15) is 45.4 Å². The summed E-state index contributed by atoms with van der Waals surface area (Å²) in [4.78, 5) is 21.2. The monoisotopic (exact) mass is 646 g/mol. The third-order valence-corrected chi connectivity index (χ3v) is 9.31. The summed E-state index contributed by atoms with van der Waals surface area (Å²) in [5.41, 5.74) is -4.46. The second-order valence-corrected chi connectivity index (χ2v) is 13.7. The van der Waals surface area contributed by atoms with E-state index in [2.05, 4.69) is 20.0 Å². The fraction of sp³-hybridized carbons (Fsp3) is 0.640. The lowest BCUT2D eigenvalue weighted by Crippen LogP contribution is -2.56. The number of hydrogen-bond acceptors (Lipinski definition) is 8. The summed E-state index contributed by atoms with van der Waals surface area (Å²) in [6.45, 7) is -0.320. The second-order valence-electron chi connectivity index (χ2n) is 11.0. The van der Waals surface area contributed by atoms with Crippen LogP contribution in [0.5, 0.6) is 5.75 Å². The number of hydrogen-bond donors (Lipinski definition) is 3. The molecule has 236 valence electrons. The van der Waals surface area contributed by atoms with E-state index in [1.165, 1.54) is 0 Å². The highest BCUT2D eigenvalue weighted by Crippen LogP contribution is 2.41. The number of halogens is 6. The molecule has 1 aliphatic rings. The summed E-state index contributed by atoms with van der Waals surface area (Å²) < 4.78 is 96.1. The van der Waals surface area contributed by atoms with Gasteiger partial charge in [0.05, 0.1) is 16.8 Å². The van der Waals surface area contributed by atoms with Gasteiger partial charge in [0.15, 0.2) is 17.3 Å². The number of rotatable bonds is 10. The zero-order valence-electron chi connectivity index (χ0n) is 23.2. The van der Waals surface area contributed by atoms with Crippen LogP contribution in [0.3, 0.4) is 0 Å². The molecule has 0 spiro atoms. The van der Waals surface area contributed by atoms with Gasteiger partial charge in [0.1, 0.15) is 26.4 Å². The predicted molar refractivity (Wildman–Crippen MR) is 142 cm³/mol. The number of carbonyl (C=O) groups excluding carboxylic acids is 1. The molecule has 3 atom stereocenters. The number of carbonyl (C=O) groups is 1. The first-order chi connectivity index (χ1) is 19.2. The summed E-state index contributed by atoms with van der Waals surface area (Å²) in [6.07, 6.45) is -4.71. The maximum absolute atomic E-state index is 13.4. The molecule has 2 aromatic heterocycles. The largest absolute Gasteiger partial charge is 0.431 e. The van der Waals surface area contributed by atoms with Crippen molar-refractivity contribution in [3.63, 3.8) is 0 Å². The van der Waals surface area contributed by atoms with Gasteiger partial charge < -0.3 is 20.3 Å². The van der Waals surface area contributed by atoms with E-state index < -0.39 is 69.6 Å². The van der Waals surface area contributed by atoms with Crippen LogP contribution in [0, 0.1) is 5.41 Å². The lowest BCUT2D eigenvalue weighted by Gasteiger charge is -2.39. The maximum Gasteiger partial charge on any atom is 0.394 e. The Hall–Kier alpha value is -2.56. The summed E-state index contributed by atoms with van der Waals surface area (Å²) >= 11 is 6.44. The Balaban J connectivity index is 1.91. The fourth-order valence-corrected chi connectivity index (χ4v) is 6.04. The molecule has 1 fully saturated rings. The van der Waals surface area contributed by atoms with Gasteiger partial charge >= 0.3 is 12.8 Å². The quantitative estimate of drug-likeness (QED) is 0.332. The van der Waals surface area contributed by atoms with Crippen LogP contribution >= 0.6 is 11.6 Å². The first-order valence-electron chi connectivity index (χ1n) is 12.9. The lowest BCUT2D eigenvalue weighted by molar-refractivity contribution is -0.211. The molecular formula is C25H32ClF5N4O6S. The molecule has 3 N–H and O–H groups in total. The number of aliphatic hydroxyl groups excluding tert-OH is 1. The van der Waals surface area contributed by atoms with Crippen molar-refractivity contribution in [3.8, 4) is 11.6 Å². The van der Waals surface area contributed by atoms with Crippen molar-refractivity contribution in [1.29, 1.82) is 0 Å². The van der Waals surface area contributed by atoms with Crippen LogP contribution in [0.25, 0.3) is 5.82 Å². The minimum atomic E-state index is -4.59. The van der Waals surface area contributed by atoms with Crippen LogP contribution in [0.1, 0.15) is 61.9 Å². The van der Waals surface area contributed by atoms with Gasteiger partial charge in [0.25, 0.3) is 5.91 Å². The number of imidazole rings is 1. The Morgan fingerprint density at radius 3 is 2.50 bits per heavy atom. The Morgan fingerprint density at radius 1 is 1.33 bits per heavy atom. The Morgan fingerprint density at radius 2 is 1.98 bits per heavy atom. The summed E-state index contributed by atoms with van der Waals surface area (Å²) in [6, 6.07) is 0.987. The number of nitrogens with zero attached hydrogens (tertiary/aromatic N) is 3. The third-order valence-electron chi connectivity index (χ3n) is 7.32. The zero-order chi connectivity index (χ0) is 31.8. The van der Waals surface area contributed by atoms with Crippen molar-refractivity contribution in [2.75, 3.05) is 12.8 Å². The van der Waals surface area contributed by atoms with E-state index in [1.807, 2.05) is 0 Å². The maximum atomic E-state index is 13.4. The number of pyridine rings is 1. The van der Waals surface area contributed by atoms with E-state index in [4.69, 9.17) is 11.6 Å². The molecule has 1 aliphatic carbocycles. The number of nitrogens with one attached hydrogen (secondary N) is 1. The molecule has 0 radical (unpaired) electrons. The highest BCUT2D eigenvalue weighted by atomic mass is 35.5. The first-order valence-corrected chi connectivity index (χ1v) is 15.2. The molecule has 0 bridgehead atoms. The first kappa shape index (κ1) is 33.9. The predicted octanol–water partition coefficient (Wildman–Crippen LogP) is 3.63. The van der Waals surface area contributed by atoms with E-state index in [-0.39, 0.29) is 53.7 Å². The van der Waals surface area contributed by atoms with Gasteiger partial charge in [-0.15, -0.1) is 0 Å². The smallest absolute Gasteiger partial charge is 0.394 e.